The van der Waals surface area contributed by atoms with Gasteiger partial charge >= 0.3 is 0 Å². The number of benzene rings is 1. The highest BCUT2D eigenvalue weighted by molar-refractivity contribution is 5.57. The minimum Gasteiger partial charge on any atom is -0.493 e. The van der Waals surface area contributed by atoms with Crippen LogP contribution in [-0.2, 0) is 5.41 Å². The fraction of sp³-hybridized carbons (Fsp3) is 0.471. The Kier molecular flexibility index (Phi) is 2.96. The van der Waals surface area contributed by atoms with Gasteiger partial charge in [-0.15, -0.1) is 0 Å². The second-order valence-corrected chi connectivity index (χ2v) is 5.61. The van der Waals surface area contributed by atoms with Crippen molar-refractivity contribution in [2.75, 3.05) is 6.61 Å². The number of fused-ring (bicyclic) bond motifs is 2. The van der Waals surface area contributed by atoms with Crippen molar-refractivity contribution in [1.29, 1.82) is 0 Å². The van der Waals surface area contributed by atoms with Gasteiger partial charge in [-0.3, -0.25) is 4.99 Å². The molecular formula is C17H21NO. The molecule has 0 N–H and O–H groups in total. The summed E-state index contributed by atoms with van der Waals surface area (Å²) >= 11 is 0. The number of ether oxygens (including phenoxy) is 1. The summed E-state index contributed by atoms with van der Waals surface area (Å²) < 4.78 is 5.82. The Bertz CT molecular complexity index is 558. The van der Waals surface area contributed by atoms with E-state index in [1.165, 1.54) is 23.2 Å². The zero-order valence-electron chi connectivity index (χ0n) is 11.9. The molecule has 100 valence electrons. The first kappa shape index (κ1) is 12.5. The smallest absolute Gasteiger partial charge is 0.123 e. The lowest BCUT2D eigenvalue weighted by Crippen LogP contribution is -2.22. The van der Waals surface area contributed by atoms with Crippen LogP contribution >= 0.6 is 0 Å². The largest absolute Gasteiger partial charge is 0.493 e. The summed E-state index contributed by atoms with van der Waals surface area (Å²) in [5.74, 6) is 1.65. The number of hydrogen-bond donors (Lipinski definition) is 0. The minimum absolute atomic E-state index is 0.286. The van der Waals surface area contributed by atoms with E-state index in [-0.39, 0.29) is 5.41 Å². The third-order valence-electron chi connectivity index (χ3n) is 4.48. The molecule has 1 heterocycles. The Morgan fingerprint density at radius 1 is 1.42 bits per heavy atom. The van der Waals surface area contributed by atoms with Crippen LogP contribution < -0.4 is 4.74 Å². The fourth-order valence-corrected chi connectivity index (χ4v) is 3.42. The molecule has 2 unspecified atom stereocenters. The van der Waals surface area contributed by atoms with Crippen LogP contribution in [0, 0.1) is 12.8 Å². The van der Waals surface area contributed by atoms with Crippen LogP contribution in [0.2, 0.25) is 0 Å². The van der Waals surface area contributed by atoms with E-state index in [1.807, 2.05) is 13.1 Å². The maximum Gasteiger partial charge on any atom is 0.123 e. The van der Waals surface area contributed by atoms with Crippen molar-refractivity contribution in [2.24, 2.45) is 10.9 Å². The molecule has 1 saturated carbocycles. The monoisotopic (exact) mass is 255 g/mol. The van der Waals surface area contributed by atoms with E-state index in [9.17, 15) is 0 Å². The number of aryl methyl sites for hydroxylation is 1. The van der Waals surface area contributed by atoms with Crippen LogP contribution in [0.3, 0.4) is 0 Å². The van der Waals surface area contributed by atoms with E-state index in [1.54, 1.807) is 0 Å². The highest BCUT2D eigenvalue weighted by Crippen LogP contribution is 2.63. The molecule has 1 aliphatic heterocycles. The lowest BCUT2D eigenvalue weighted by Gasteiger charge is -2.27. The molecule has 0 aromatic heterocycles. The summed E-state index contributed by atoms with van der Waals surface area (Å²) in [4.78, 5) is 4.54. The SMILES string of the molecule is CC=N/C(=C\C)C1CC12CCOc1ccc(C)cc12. The Labute approximate surface area is 115 Å². The average molecular weight is 255 g/mol. The van der Waals surface area contributed by atoms with Crippen molar-refractivity contribution in [2.45, 2.75) is 39.0 Å². The zero-order valence-corrected chi connectivity index (χ0v) is 11.9. The van der Waals surface area contributed by atoms with Gasteiger partial charge in [-0.05, 0) is 39.7 Å². The molecule has 2 atom stereocenters. The molecule has 0 bridgehead atoms. The summed E-state index contributed by atoms with van der Waals surface area (Å²) in [6, 6.07) is 6.56. The summed E-state index contributed by atoms with van der Waals surface area (Å²) in [6.07, 6.45) is 6.39. The molecule has 19 heavy (non-hydrogen) atoms. The van der Waals surface area contributed by atoms with E-state index >= 15 is 0 Å². The third kappa shape index (κ3) is 1.90. The van der Waals surface area contributed by atoms with Crippen molar-refractivity contribution in [3.05, 3.63) is 41.1 Å². The van der Waals surface area contributed by atoms with Crippen molar-refractivity contribution >= 4 is 6.21 Å². The second-order valence-electron chi connectivity index (χ2n) is 5.61. The number of allylic oxidation sites excluding steroid dienone is 2. The number of hydrogen-bond acceptors (Lipinski definition) is 2. The third-order valence-corrected chi connectivity index (χ3v) is 4.48. The maximum atomic E-state index is 5.82. The molecule has 1 fully saturated rings. The summed E-state index contributed by atoms with van der Waals surface area (Å²) in [5.41, 5.74) is 4.23. The molecule has 1 spiro atoms. The molecule has 0 amide bonds. The first-order chi connectivity index (χ1) is 9.21. The Balaban J connectivity index is 1.99. The van der Waals surface area contributed by atoms with Crippen molar-refractivity contribution in [1.82, 2.24) is 0 Å². The van der Waals surface area contributed by atoms with Crippen molar-refractivity contribution in [3.63, 3.8) is 0 Å². The van der Waals surface area contributed by atoms with Crippen LogP contribution in [-0.4, -0.2) is 12.8 Å². The van der Waals surface area contributed by atoms with Gasteiger partial charge in [0, 0.05) is 28.8 Å². The van der Waals surface area contributed by atoms with E-state index in [4.69, 9.17) is 4.74 Å². The molecule has 1 aliphatic carbocycles. The molecule has 2 heteroatoms. The molecule has 0 radical (unpaired) electrons. The van der Waals surface area contributed by atoms with Gasteiger partial charge < -0.3 is 4.74 Å². The molecule has 1 aromatic carbocycles. The molecular weight excluding hydrogens is 234 g/mol. The normalized spacial score (nSPS) is 29.4. The molecule has 3 rings (SSSR count). The highest BCUT2D eigenvalue weighted by atomic mass is 16.5. The van der Waals surface area contributed by atoms with Crippen molar-refractivity contribution < 1.29 is 4.74 Å². The summed E-state index contributed by atoms with van der Waals surface area (Å²) in [7, 11) is 0. The average Bonchev–Trinajstić information content (AvgIpc) is 3.12. The Morgan fingerprint density at radius 3 is 3.00 bits per heavy atom. The number of rotatable bonds is 2. The van der Waals surface area contributed by atoms with Gasteiger partial charge in [-0.1, -0.05) is 23.8 Å². The van der Waals surface area contributed by atoms with Gasteiger partial charge in [-0.2, -0.15) is 0 Å². The topological polar surface area (TPSA) is 21.6 Å². The number of aliphatic imine (C=N–C) groups is 1. The standard InChI is InChI=1S/C17H21NO/c1-4-15(18-5-2)14-11-17(14)8-9-19-16-7-6-12(3)10-13(16)17/h4-7,10,14H,8-9,11H2,1-3H3/b15-4-,18-5?. The molecule has 0 saturated heterocycles. The summed E-state index contributed by atoms with van der Waals surface area (Å²) in [6.45, 7) is 7.06. The van der Waals surface area contributed by atoms with Crippen LogP contribution in [0.25, 0.3) is 0 Å². The minimum atomic E-state index is 0.286. The van der Waals surface area contributed by atoms with E-state index in [0.29, 0.717) is 5.92 Å². The number of nitrogens with zero attached hydrogens (tertiary/aromatic N) is 1. The van der Waals surface area contributed by atoms with Crippen molar-refractivity contribution in [3.8, 4) is 5.75 Å². The van der Waals surface area contributed by atoms with Gasteiger partial charge in [0.2, 0.25) is 0 Å². The molecule has 2 nitrogen and oxygen atoms in total. The highest BCUT2D eigenvalue weighted by Gasteiger charge is 2.58. The Morgan fingerprint density at radius 2 is 2.26 bits per heavy atom. The van der Waals surface area contributed by atoms with Crippen LogP contribution in [0.5, 0.6) is 5.75 Å². The van der Waals surface area contributed by atoms with Gasteiger partial charge in [0.15, 0.2) is 0 Å². The lowest BCUT2D eigenvalue weighted by molar-refractivity contribution is 0.255. The molecule has 2 aliphatic rings. The summed E-state index contributed by atoms with van der Waals surface area (Å²) in [5, 5.41) is 0. The Hall–Kier alpha value is -1.57. The van der Waals surface area contributed by atoms with Gasteiger partial charge in [0.05, 0.1) is 6.61 Å². The lowest BCUT2D eigenvalue weighted by atomic mass is 9.86. The van der Waals surface area contributed by atoms with Crippen LogP contribution in [0.15, 0.2) is 35.0 Å². The first-order valence-electron chi connectivity index (χ1n) is 7.10. The van der Waals surface area contributed by atoms with E-state index in [2.05, 4.69) is 43.1 Å². The predicted molar refractivity (Wildman–Crippen MR) is 79.0 cm³/mol. The van der Waals surface area contributed by atoms with Gasteiger partial charge in [0.1, 0.15) is 5.75 Å². The van der Waals surface area contributed by atoms with Crippen LogP contribution in [0.1, 0.15) is 37.8 Å². The quantitative estimate of drug-likeness (QED) is 0.731. The fourth-order valence-electron chi connectivity index (χ4n) is 3.42. The zero-order chi connectivity index (χ0) is 13.5. The van der Waals surface area contributed by atoms with Gasteiger partial charge in [0.25, 0.3) is 0 Å². The maximum absolute atomic E-state index is 5.82. The molecule has 1 aromatic rings. The first-order valence-corrected chi connectivity index (χ1v) is 7.10. The van der Waals surface area contributed by atoms with Gasteiger partial charge in [-0.25, -0.2) is 0 Å². The van der Waals surface area contributed by atoms with E-state index < -0.39 is 0 Å². The van der Waals surface area contributed by atoms with E-state index in [0.717, 1.165) is 18.8 Å². The second kappa shape index (κ2) is 4.52. The van der Waals surface area contributed by atoms with Crippen LogP contribution in [0.4, 0.5) is 0 Å². The predicted octanol–water partition coefficient (Wildman–Crippen LogP) is 4.03.